The first-order chi connectivity index (χ1) is 8.56. The van der Waals surface area contributed by atoms with Crippen LogP contribution in [0, 0.1) is 15.7 Å². The number of nitrogens with one attached hydrogen (secondary N) is 1. The van der Waals surface area contributed by atoms with Crippen molar-refractivity contribution in [2.24, 2.45) is 5.73 Å². The van der Waals surface area contributed by atoms with Gasteiger partial charge < -0.3 is 11.1 Å². The number of rotatable bonds is 4. The van der Waals surface area contributed by atoms with E-state index >= 15 is 0 Å². The van der Waals surface area contributed by atoms with E-state index in [1.165, 1.54) is 12.1 Å². The first-order valence-corrected chi connectivity index (χ1v) is 5.16. The lowest BCUT2D eigenvalue weighted by Crippen LogP contribution is -2.24. The van der Waals surface area contributed by atoms with Gasteiger partial charge in [-0.05, 0) is 31.0 Å². The average Bonchev–Trinajstić information content (AvgIpc) is 3.14. The minimum atomic E-state index is -0.828. The first-order valence-electron chi connectivity index (χ1n) is 5.16. The molecule has 1 saturated carbocycles. The molecule has 18 heavy (non-hydrogen) atoms. The first kappa shape index (κ1) is 14.0. The second kappa shape index (κ2) is 5.52. The lowest BCUT2D eigenvalue weighted by atomic mass is 10.1. The van der Waals surface area contributed by atoms with Crippen molar-refractivity contribution in [1.29, 1.82) is 0 Å². The van der Waals surface area contributed by atoms with Gasteiger partial charge in [0.15, 0.2) is 0 Å². The van der Waals surface area contributed by atoms with E-state index in [1.807, 2.05) is 0 Å². The third-order valence-corrected chi connectivity index (χ3v) is 2.75. The van der Waals surface area contributed by atoms with Gasteiger partial charge >= 0.3 is 0 Å². The minimum absolute atomic E-state index is 0.181. The Morgan fingerprint density at radius 3 is 2.44 bits per heavy atom. The largest absolute Gasteiger partial charge is 0.377 e. The summed E-state index contributed by atoms with van der Waals surface area (Å²) in [6.45, 7) is -0.476. The molecule has 0 spiro atoms. The van der Waals surface area contributed by atoms with Crippen molar-refractivity contribution in [3.05, 3.63) is 39.5 Å². The Hall–Kier alpha value is -2.05. The maximum absolute atomic E-state index is 13.1. The van der Waals surface area contributed by atoms with Crippen LogP contribution in [0.25, 0.3) is 0 Å². The summed E-state index contributed by atoms with van der Waals surface area (Å²) in [5, 5.41) is 2.95. The predicted octanol–water partition coefficient (Wildman–Crippen LogP) is 1.91. The standard InChI is InChI=1S/C11H12F2N2O.O2/c12-6-11(3-4-11)15-7-1-2-9(13)8(5-7)10(14)16;1-2/h1-2,5,15H,3-4,6H2,(H2,14,16);. The molecule has 0 aliphatic heterocycles. The van der Waals surface area contributed by atoms with E-state index in [-0.39, 0.29) is 5.56 Å². The topological polar surface area (TPSA) is 89.3 Å². The van der Waals surface area contributed by atoms with Crippen LogP contribution in [0.3, 0.4) is 0 Å². The number of carbonyl (C=O) groups excluding carboxylic acids is 1. The molecule has 3 N–H and O–H groups in total. The highest BCUT2D eigenvalue weighted by Crippen LogP contribution is 2.39. The Bertz CT molecular complexity index is 450. The van der Waals surface area contributed by atoms with Crippen LogP contribution in [-0.4, -0.2) is 18.1 Å². The van der Waals surface area contributed by atoms with Crippen LogP contribution in [0.4, 0.5) is 14.5 Å². The molecule has 1 aliphatic carbocycles. The summed E-state index contributed by atoms with van der Waals surface area (Å²) in [5.74, 6) is -1.49. The van der Waals surface area contributed by atoms with E-state index in [0.29, 0.717) is 5.69 Å². The zero-order valence-corrected chi connectivity index (χ0v) is 9.41. The van der Waals surface area contributed by atoms with Gasteiger partial charge in [0.25, 0.3) is 5.91 Å². The van der Waals surface area contributed by atoms with Gasteiger partial charge in [0.1, 0.15) is 12.5 Å². The fourth-order valence-electron chi connectivity index (χ4n) is 1.54. The fraction of sp³-hybridized carbons (Fsp3) is 0.364. The molecule has 1 aromatic rings. The smallest absolute Gasteiger partial charge is 0.251 e. The van der Waals surface area contributed by atoms with Crippen molar-refractivity contribution in [1.82, 2.24) is 0 Å². The highest BCUT2D eigenvalue weighted by molar-refractivity contribution is 5.94. The van der Waals surface area contributed by atoms with E-state index in [9.17, 15) is 13.6 Å². The van der Waals surface area contributed by atoms with Crippen molar-refractivity contribution < 1.29 is 13.6 Å². The number of benzene rings is 1. The third-order valence-electron chi connectivity index (χ3n) is 2.75. The lowest BCUT2D eigenvalue weighted by molar-refractivity contribution is 0.0996. The van der Waals surface area contributed by atoms with Gasteiger partial charge in [0.05, 0.1) is 11.1 Å². The van der Waals surface area contributed by atoms with Crippen LogP contribution >= 0.6 is 0 Å². The second-order valence-corrected chi connectivity index (χ2v) is 4.10. The maximum Gasteiger partial charge on any atom is 0.251 e. The van der Waals surface area contributed by atoms with E-state index in [1.54, 1.807) is 0 Å². The van der Waals surface area contributed by atoms with Crippen molar-refractivity contribution in [2.45, 2.75) is 18.4 Å². The Morgan fingerprint density at radius 2 is 2.00 bits per heavy atom. The second-order valence-electron chi connectivity index (χ2n) is 4.10. The molecule has 0 saturated heterocycles. The summed E-state index contributed by atoms with van der Waals surface area (Å²) < 4.78 is 25.8. The number of hydrogen-bond acceptors (Lipinski definition) is 4. The summed E-state index contributed by atoms with van der Waals surface area (Å²) >= 11 is 0. The molecule has 7 heteroatoms. The quantitative estimate of drug-likeness (QED) is 0.863. The number of anilines is 1. The Morgan fingerprint density at radius 1 is 1.39 bits per heavy atom. The molecule has 0 bridgehead atoms. The number of amides is 1. The molecule has 2 rings (SSSR count). The molecule has 1 aliphatic rings. The highest BCUT2D eigenvalue weighted by Gasteiger charge is 2.42. The molecule has 0 aromatic heterocycles. The van der Waals surface area contributed by atoms with Gasteiger partial charge in [-0.1, -0.05) is 0 Å². The Kier molecular flexibility index (Phi) is 4.30. The normalized spacial score (nSPS) is 15.2. The van der Waals surface area contributed by atoms with Gasteiger partial charge in [-0.15, -0.1) is 0 Å². The maximum atomic E-state index is 13.1. The minimum Gasteiger partial charge on any atom is -0.377 e. The molecule has 1 aromatic carbocycles. The Balaban J connectivity index is 0.000000771. The summed E-state index contributed by atoms with van der Waals surface area (Å²) in [4.78, 5) is 24.9. The van der Waals surface area contributed by atoms with Gasteiger partial charge in [0, 0.05) is 15.6 Å². The zero-order chi connectivity index (χ0) is 13.8. The summed E-state index contributed by atoms with van der Waals surface area (Å²) in [6.07, 6.45) is 1.49. The van der Waals surface area contributed by atoms with Gasteiger partial charge in [-0.3, -0.25) is 4.79 Å². The molecule has 98 valence electrons. The molecule has 5 nitrogen and oxygen atoms in total. The number of alkyl halides is 1. The monoisotopic (exact) mass is 258 g/mol. The number of halogens is 2. The van der Waals surface area contributed by atoms with Crippen molar-refractivity contribution in [2.75, 3.05) is 12.0 Å². The van der Waals surface area contributed by atoms with Crippen molar-refractivity contribution >= 4 is 11.6 Å². The van der Waals surface area contributed by atoms with Crippen molar-refractivity contribution in [3.8, 4) is 0 Å². The summed E-state index contributed by atoms with van der Waals surface area (Å²) in [6, 6.07) is 3.93. The van der Waals surface area contributed by atoms with Crippen LogP contribution in [0.1, 0.15) is 23.2 Å². The van der Waals surface area contributed by atoms with Crippen LogP contribution in [0.15, 0.2) is 18.2 Å². The molecule has 0 radical (unpaired) electrons. The van der Waals surface area contributed by atoms with E-state index < -0.39 is 23.9 Å². The average molecular weight is 258 g/mol. The van der Waals surface area contributed by atoms with Gasteiger partial charge in [-0.2, -0.15) is 0 Å². The van der Waals surface area contributed by atoms with Crippen LogP contribution in [0.2, 0.25) is 0 Å². The molecule has 0 heterocycles. The van der Waals surface area contributed by atoms with Crippen molar-refractivity contribution in [3.63, 3.8) is 0 Å². The molecular formula is C11H12F2N2O3. The molecule has 1 amide bonds. The number of carbonyl (C=O) groups is 1. The summed E-state index contributed by atoms with van der Waals surface area (Å²) in [7, 11) is 0. The van der Waals surface area contributed by atoms with E-state index in [4.69, 9.17) is 15.7 Å². The lowest BCUT2D eigenvalue weighted by Gasteiger charge is -2.15. The number of primary amides is 1. The van der Waals surface area contributed by atoms with E-state index in [0.717, 1.165) is 18.9 Å². The SMILES string of the molecule is NC(=O)c1cc(NC2(CF)CC2)ccc1F.O=O. The van der Waals surface area contributed by atoms with E-state index in [2.05, 4.69) is 5.32 Å². The predicted molar refractivity (Wildman–Crippen MR) is 63.2 cm³/mol. The van der Waals surface area contributed by atoms with Crippen LogP contribution < -0.4 is 11.1 Å². The van der Waals surface area contributed by atoms with Gasteiger partial charge in [-0.25, -0.2) is 8.78 Å². The molecule has 0 atom stereocenters. The number of nitrogens with two attached hydrogens (primary N) is 1. The molecular weight excluding hydrogens is 246 g/mol. The summed E-state index contributed by atoms with van der Waals surface area (Å²) in [5.41, 5.74) is 4.83. The van der Waals surface area contributed by atoms with Crippen LogP contribution in [0.5, 0.6) is 0 Å². The van der Waals surface area contributed by atoms with Gasteiger partial charge in [0.2, 0.25) is 0 Å². The third kappa shape index (κ3) is 2.99. The molecule has 1 fully saturated rings. The molecule has 0 unspecified atom stereocenters. The van der Waals surface area contributed by atoms with Crippen LogP contribution in [-0.2, 0) is 0 Å². The zero-order valence-electron chi connectivity index (χ0n) is 9.41. The Labute approximate surface area is 102 Å². The highest BCUT2D eigenvalue weighted by atomic mass is 19.1. The fourth-order valence-corrected chi connectivity index (χ4v) is 1.54. The number of hydrogen-bond donors (Lipinski definition) is 2.